The lowest BCUT2D eigenvalue weighted by molar-refractivity contribution is -0.136. The quantitative estimate of drug-likeness (QED) is 0.118. The summed E-state index contributed by atoms with van der Waals surface area (Å²) in [5.74, 6) is 0.627. The zero-order chi connectivity index (χ0) is 36.0. The Hall–Kier alpha value is -6.30. The van der Waals surface area contributed by atoms with Gasteiger partial charge in [-0.2, -0.15) is 0 Å². The summed E-state index contributed by atoms with van der Waals surface area (Å²) in [6, 6.07) is 22.2. The number of fused-ring (bicyclic) bond motifs is 1. The largest absolute Gasteiger partial charge is 0.508 e. The lowest BCUT2D eigenvalue weighted by Gasteiger charge is -2.00. The van der Waals surface area contributed by atoms with Crippen LogP contribution in [0.5, 0.6) is 17.4 Å². The second-order valence-electron chi connectivity index (χ2n) is 8.75. The second-order valence-corrected chi connectivity index (χ2v) is 8.75. The van der Waals surface area contributed by atoms with Crippen LogP contribution in [0.1, 0.15) is 19.4 Å². The van der Waals surface area contributed by atoms with Gasteiger partial charge in [0.15, 0.2) is 0 Å². The van der Waals surface area contributed by atoms with Crippen molar-refractivity contribution < 1.29 is 38.7 Å². The Labute approximate surface area is 281 Å². The molecule has 12 nitrogen and oxygen atoms in total. The first kappa shape index (κ1) is 41.7. The molecule has 0 fully saturated rings. The van der Waals surface area contributed by atoms with Crippen molar-refractivity contribution in [2.24, 2.45) is 0 Å². The highest BCUT2D eigenvalue weighted by Gasteiger charge is 1.96. The standard InChI is InChI=1S/C10H9NO.C9H10O2.C6H7NO.C5H8O2.C4H4N2.C2H4O2/c1-12-9-4-5-10-8(7-9)3-2-6-11-10;1-11-7-6-8-2-4-9(10)5-3-8;1-8-6-4-2-3-5-7-6;1-4(2)5(6)7-3;1-2-6-4-3-5-1;1-2(3)4/h2-7H,1H3;2-7,10H,1H3;2-5H,1H3;1H2,2-3H3;1-4H;1H3,(H,3,4). The highest BCUT2D eigenvalue weighted by atomic mass is 16.5. The molecule has 0 saturated carbocycles. The molecule has 5 rings (SSSR count). The first-order valence-electron chi connectivity index (χ1n) is 14.0. The van der Waals surface area contributed by atoms with Crippen molar-refractivity contribution in [1.82, 2.24) is 19.9 Å². The van der Waals surface area contributed by atoms with E-state index in [1.165, 1.54) is 7.11 Å². The Kier molecular flexibility index (Phi) is 23.5. The molecule has 5 aromatic rings. The second kappa shape index (κ2) is 27.0. The van der Waals surface area contributed by atoms with E-state index in [1.54, 1.807) is 89.9 Å². The molecule has 0 spiro atoms. The van der Waals surface area contributed by atoms with E-state index in [0.717, 1.165) is 29.1 Å². The van der Waals surface area contributed by atoms with E-state index in [2.05, 4.69) is 31.3 Å². The lowest BCUT2D eigenvalue weighted by Crippen LogP contribution is -1.98. The molecule has 0 amide bonds. The van der Waals surface area contributed by atoms with Gasteiger partial charge in [0, 0.05) is 61.1 Å². The minimum absolute atomic E-state index is 0.277. The summed E-state index contributed by atoms with van der Waals surface area (Å²) in [6.45, 7) is 6.04. The van der Waals surface area contributed by atoms with E-state index < -0.39 is 5.97 Å². The predicted molar refractivity (Wildman–Crippen MR) is 185 cm³/mol. The molecule has 0 atom stereocenters. The summed E-state index contributed by atoms with van der Waals surface area (Å²) < 4.78 is 18.9. The van der Waals surface area contributed by atoms with Crippen molar-refractivity contribution in [2.75, 3.05) is 28.4 Å². The summed E-state index contributed by atoms with van der Waals surface area (Å²) in [5, 5.41) is 17.5. The van der Waals surface area contributed by atoms with E-state index in [4.69, 9.17) is 29.2 Å². The number of benzene rings is 2. The molecule has 0 aliphatic rings. The molecule has 3 aromatic heterocycles. The van der Waals surface area contributed by atoms with Crippen LogP contribution in [-0.4, -0.2) is 70.5 Å². The molecular weight excluding hydrogens is 616 g/mol. The van der Waals surface area contributed by atoms with Crippen molar-refractivity contribution in [3.8, 4) is 17.4 Å². The van der Waals surface area contributed by atoms with Crippen molar-refractivity contribution >= 4 is 28.9 Å². The monoisotopic (exact) mass is 658 g/mol. The van der Waals surface area contributed by atoms with Crippen LogP contribution in [0.3, 0.4) is 0 Å². The highest BCUT2D eigenvalue weighted by Crippen LogP contribution is 2.18. The van der Waals surface area contributed by atoms with Crippen molar-refractivity contribution in [3.05, 3.63) is 134 Å². The van der Waals surface area contributed by atoms with Gasteiger partial charge in [-0.25, -0.2) is 9.78 Å². The first-order chi connectivity index (χ1) is 23.1. The molecule has 0 radical (unpaired) electrons. The predicted octanol–water partition coefficient (Wildman–Crippen LogP) is 6.65. The van der Waals surface area contributed by atoms with E-state index in [9.17, 15) is 4.79 Å². The molecule has 0 saturated heterocycles. The number of ether oxygens (including phenoxy) is 4. The zero-order valence-corrected chi connectivity index (χ0v) is 27.9. The maximum atomic E-state index is 10.2. The lowest BCUT2D eigenvalue weighted by atomic mass is 10.2. The van der Waals surface area contributed by atoms with Gasteiger partial charge in [0.1, 0.15) is 11.5 Å². The number of carboxylic acid groups (broad SMARTS) is 1. The fourth-order valence-corrected chi connectivity index (χ4v) is 2.81. The Morgan fingerprint density at radius 1 is 0.750 bits per heavy atom. The maximum Gasteiger partial charge on any atom is 0.332 e. The molecule has 2 N–H and O–H groups in total. The summed E-state index contributed by atoms with van der Waals surface area (Å²) in [4.78, 5) is 34.7. The van der Waals surface area contributed by atoms with Crippen LogP contribution in [-0.2, 0) is 19.1 Å². The molecular formula is C36H42N4O8. The van der Waals surface area contributed by atoms with Gasteiger partial charge in [-0.05, 0) is 61.0 Å². The fraction of sp³-hybridized carbons (Fsp3) is 0.167. The number of rotatable bonds is 5. The third kappa shape index (κ3) is 22.2. The van der Waals surface area contributed by atoms with Gasteiger partial charge >= 0.3 is 5.97 Å². The maximum absolute atomic E-state index is 10.2. The number of aromatic hydroxyl groups is 1. The van der Waals surface area contributed by atoms with Gasteiger partial charge in [-0.15, -0.1) is 0 Å². The van der Waals surface area contributed by atoms with E-state index in [-0.39, 0.29) is 11.7 Å². The molecule has 0 aliphatic heterocycles. The molecule has 12 heteroatoms. The number of carbonyl (C=O) groups is 2. The van der Waals surface area contributed by atoms with Crippen LogP contribution in [0.4, 0.5) is 0 Å². The number of methoxy groups -OCH3 is 4. The number of nitrogens with zero attached hydrogens (tertiary/aromatic N) is 4. The van der Waals surface area contributed by atoms with Crippen LogP contribution in [0, 0.1) is 0 Å². The number of carboxylic acids is 1. The van der Waals surface area contributed by atoms with Gasteiger partial charge in [-0.3, -0.25) is 19.7 Å². The number of aromatic nitrogens is 4. The summed E-state index contributed by atoms with van der Waals surface area (Å²) in [5.41, 5.74) is 2.44. The summed E-state index contributed by atoms with van der Waals surface area (Å²) >= 11 is 0. The average Bonchev–Trinajstić information content (AvgIpc) is 3.12. The number of aliphatic carboxylic acids is 1. The summed E-state index contributed by atoms with van der Waals surface area (Å²) in [6.07, 6.45) is 13.4. The van der Waals surface area contributed by atoms with Gasteiger partial charge in [0.2, 0.25) is 5.88 Å². The SMILES string of the molecule is C=C(C)C(=O)OC.CC(=O)O.COC=Cc1ccc(O)cc1.COc1ccc2ncccc2c1.COc1ccccn1.c1cnccn1. The van der Waals surface area contributed by atoms with Gasteiger partial charge < -0.3 is 29.2 Å². The number of hydrogen-bond donors (Lipinski definition) is 2. The topological polar surface area (TPSA) is 163 Å². The molecule has 0 aliphatic carbocycles. The molecule has 2 aromatic carbocycles. The molecule has 0 unspecified atom stereocenters. The van der Waals surface area contributed by atoms with Crippen LogP contribution in [0.25, 0.3) is 17.0 Å². The van der Waals surface area contributed by atoms with E-state index in [1.807, 2.05) is 60.7 Å². The zero-order valence-electron chi connectivity index (χ0n) is 27.9. The molecule has 0 bridgehead atoms. The Bertz CT molecular complexity index is 1570. The third-order valence-electron chi connectivity index (χ3n) is 4.96. The minimum atomic E-state index is -0.833. The molecule has 254 valence electrons. The Morgan fingerprint density at radius 3 is 1.77 bits per heavy atom. The van der Waals surface area contributed by atoms with Crippen molar-refractivity contribution in [3.63, 3.8) is 0 Å². The average molecular weight is 659 g/mol. The normalized spacial score (nSPS) is 8.96. The number of pyridine rings is 2. The highest BCUT2D eigenvalue weighted by molar-refractivity contribution is 5.86. The van der Waals surface area contributed by atoms with Crippen LogP contribution in [0.2, 0.25) is 0 Å². The minimum Gasteiger partial charge on any atom is -0.508 e. The third-order valence-corrected chi connectivity index (χ3v) is 4.96. The first-order valence-corrected chi connectivity index (χ1v) is 14.0. The number of phenols is 1. The Morgan fingerprint density at radius 2 is 1.35 bits per heavy atom. The number of esters is 1. The van der Waals surface area contributed by atoms with Gasteiger partial charge in [0.25, 0.3) is 5.97 Å². The number of carbonyl (C=O) groups excluding carboxylic acids is 1. The number of phenolic OH excluding ortho intramolecular Hbond substituents is 1. The van der Waals surface area contributed by atoms with E-state index >= 15 is 0 Å². The van der Waals surface area contributed by atoms with Crippen LogP contribution < -0.4 is 9.47 Å². The summed E-state index contributed by atoms with van der Waals surface area (Å²) in [7, 11) is 6.19. The van der Waals surface area contributed by atoms with Gasteiger partial charge in [0.05, 0.1) is 40.2 Å². The van der Waals surface area contributed by atoms with Crippen molar-refractivity contribution in [2.45, 2.75) is 13.8 Å². The van der Waals surface area contributed by atoms with Crippen LogP contribution in [0.15, 0.2) is 128 Å². The van der Waals surface area contributed by atoms with Gasteiger partial charge in [-0.1, -0.05) is 30.8 Å². The molecule has 48 heavy (non-hydrogen) atoms. The van der Waals surface area contributed by atoms with E-state index in [0.29, 0.717) is 11.5 Å². The van der Waals surface area contributed by atoms with Crippen molar-refractivity contribution in [1.29, 1.82) is 0 Å². The number of hydrogen-bond acceptors (Lipinski definition) is 11. The Balaban J connectivity index is 0.000000571. The smallest absolute Gasteiger partial charge is 0.332 e. The molecule has 3 heterocycles. The van der Waals surface area contributed by atoms with Crippen LogP contribution >= 0.6 is 0 Å². The fourth-order valence-electron chi connectivity index (χ4n) is 2.81.